The number of rotatable bonds is 1. The summed E-state index contributed by atoms with van der Waals surface area (Å²) in [5.74, 6) is -3.94. The van der Waals surface area contributed by atoms with Crippen molar-refractivity contribution in [2.75, 3.05) is 6.54 Å². The van der Waals surface area contributed by atoms with E-state index in [0.29, 0.717) is 4.90 Å². The first-order valence-electron chi connectivity index (χ1n) is 4.87. The van der Waals surface area contributed by atoms with Crippen molar-refractivity contribution in [1.29, 1.82) is 0 Å². The van der Waals surface area contributed by atoms with Crippen LogP contribution in [0.15, 0.2) is 4.52 Å². The second kappa shape index (κ2) is 4.00. The Morgan fingerprint density at radius 3 is 2.61 bits per heavy atom. The maximum Gasteiger partial charge on any atom is 0.471 e. The third-order valence-electron chi connectivity index (χ3n) is 2.56. The fourth-order valence-electron chi connectivity index (χ4n) is 1.73. The third-order valence-corrected chi connectivity index (χ3v) is 2.56. The highest BCUT2D eigenvalue weighted by atomic mass is 19.4. The second-order valence-electron chi connectivity index (χ2n) is 3.72. The molecule has 6 nitrogen and oxygen atoms in total. The van der Waals surface area contributed by atoms with Crippen LogP contribution in [0.1, 0.15) is 21.8 Å². The zero-order valence-corrected chi connectivity index (χ0v) is 8.82. The van der Waals surface area contributed by atoms with Gasteiger partial charge in [-0.2, -0.15) is 13.2 Å². The number of carbonyl (C=O) groups excluding carboxylic acids is 1. The normalized spacial score (nSPS) is 15.4. The zero-order chi connectivity index (χ0) is 13.5. The highest BCUT2D eigenvalue weighted by Gasteiger charge is 2.44. The predicted molar refractivity (Wildman–Crippen MR) is 48.6 cm³/mol. The predicted octanol–water partition coefficient (Wildman–Crippen LogP) is 0.820. The highest BCUT2D eigenvalue weighted by molar-refractivity contribution is 5.87. The van der Waals surface area contributed by atoms with Crippen LogP contribution in [0, 0.1) is 0 Å². The molecule has 1 aromatic heterocycles. The molecule has 98 valence electrons. The molecule has 18 heavy (non-hydrogen) atoms. The molecule has 0 atom stereocenters. The molecule has 2 rings (SSSR count). The van der Waals surface area contributed by atoms with Gasteiger partial charge in [0, 0.05) is 18.5 Å². The molecule has 0 fully saturated rings. The van der Waals surface area contributed by atoms with Crippen molar-refractivity contribution in [2.24, 2.45) is 0 Å². The van der Waals surface area contributed by atoms with E-state index in [-0.39, 0.29) is 24.2 Å². The van der Waals surface area contributed by atoms with Crippen LogP contribution in [0.5, 0.6) is 0 Å². The van der Waals surface area contributed by atoms with Gasteiger partial charge < -0.3 is 14.5 Å². The van der Waals surface area contributed by atoms with Crippen LogP contribution < -0.4 is 0 Å². The molecule has 2 heterocycles. The molecule has 0 saturated heterocycles. The number of hydrogen-bond acceptors (Lipinski definition) is 4. The number of hydrogen-bond donors (Lipinski definition) is 1. The largest absolute Gasteiger partial charge is 0.475 e. The lowest BCUT2D eigenvalue weighted by molar-refractivity contribution is -0.186. The Morgan fingerprint density at radius 1 is 1.39 bits per heavy atom. The minimum absolute atomic E-state index is 0.0198. The molecule has 0 aromatic carbocycles. The van der Waals surface area contributed by atoms with Gasteiger partial charge in [0.05, 0.1) is 12.2 Å². The Morgan fingerprint density at radius 2 is 2.06 bits per heavy atom. The summed E-state index contributed by atoms with van der Waals surface area (Å²) in [6.45, 7) is -0.629. The molecule has 9 heteroatoms. The SMILES string of the molecule is O=C(O)c1onc2c1CN(C(=O)C(F)(F)F)CC2. The van der Waals surface area contributed by atoms with Crippen molar-refractivity contribution in [3.8, 4) is 0 Å². The maximum absolute atomic E-state index is 12.2. The van der Waals surface area contributed by atoms with Crippen LogP contribution in [0.3, 0.4) is 0 Å². The summed E-state index contributed by atoms with van der Waals surface area (Å²) >= 11 is 0. The Kier molecular flexibility index (Phi) is 2.76. The van der Waals surface area contributed by atoms with Gasteiger partial charge in [-0.05, 0) is 0 Å². The Balaban J connectivity index is 2.26. The molecule has 1 N–H and O–H groups in total. The summed E-state index contributed by atoms with van der Waals surface area (Å²) in [6.07, 6.45) is -4.94. The second-order valence-corrected chi connectivity index (χ2v) is 3.72. The molecule has 0 saturated carbocycles. The molecule has 0 unspecified atom stereocenters. The van der Waals surface area contributed by atoms with Crippen molar-refractivity contribution >= 4 is 11.9 Å². The number of carboxylic acids is 1. The van der Waals surface area contributed by atoms with Gasteiger partial charge in [0.2, 0.25) is 5.76 Å². The molecular formula is C9H7F3N2O4. The third kappa shape index (κ3) is 2.03. The first-order valence-corrected chi connectivity index (χ1v) is 4.87. The number of carboxylic acid groups (broad SMARTS) is 1. The highest BCUT2D eigenvalue weighted by Crippen LogP contribution is 2.26. The first kappa shape index (κ1) is 12.4. The van der Waals surface area contributed by atoms with Crippen molar-refractivity contribution < 1.29 is 32.4 Å². The van der Waals surface area contributed by atoms with E-state index in [1.807, 2.05) is 0 Å². The number of carbonyl (C=O) groups is 2. The summed E-state index contributed by atoms with van der Waals surface area (Å²) in [6, 6.07) is 0. The molecule has 0 aliphatic carbocycles. The van der Waals surface area contributed by atoms with Crippen LogP contribution in [-0.4, -0.2) is 39.8 Å². The maximum atomic E-state index is 12.2. The minimum Gasteiger partial charge on any atom is -0.475 e. The Labute approximate surface area is 98.0 Å². The van der Waals surface area contributed by atoms with Crippen molar-refractivity contribution in [3.05, 3.63) is 17.0 Å². The molecule has 1 aromatic rings. The molecule has 0 spiro atoms. The van der Waals surface area contributed by atoms with Crippen LogP contribution in [-0.2, 0) is 17.8 Å². The van der Waals surface area contributed by atoms with Gasteiger partial charge in [-0.1, -0.05) is 5.16 Å². The summed E-state index contributed by atoms with van der Waals surface area (Å²) in [5, 5.41) is 12.2. The fraction of sp³-hybridized carbons (Fsp3) is 0.444. The molecule has 1 aliphatic rings. The molecule has 0 bridgehead atoms. The Bertz CT molecular complexity index is 508. The average Bonchev–Trinajstić information content (AvgIpc) is 2.69. The lowest BCUT2D eigenvalue weighted by atomic mass is 10.1. The number of fused-ring (bicyclic) bond motifs is 1. The first-order chi connectivity index (χ1) is 8.30. The van der Waals surface area contributed by atoms with E-state index < -0.39 is 30.4 Å². The van der Waals surface area contributed by atoms with Gasteiger partial charge in [-0.3, -0.25) is 4.79 Å². The number of aromatic carboxylic acids is 1. The smallest absolute Gasteiger partial charge is 0.471 e. The van der Waals surface area contributed by atoms with Crippen molar-refractivity contribution in [1.82, 2.24) is 10.1 Å². The summed E-state index contributed by atoms with van der Waals surface area (Å²) in [7, 11) is 0. The molecular weight excluding hydrogens is 257 g/mol. The van der Waals surface area contributed by atoms with Crippen LogP contribution in [0.25, 0.3) is 0 Å². The van der Waals surface area contributed by atoms with E-state index in [0.717, 1.165) is 0 Å². The molecule has 1 amide bonds. The topological polar surface area (TPSA) is 83.6 Å². The van der Waals surface area contributed by atoms with E-state index in [4.69, 9.17) is 5.11 Å². The van der Waals surface area contributed by atoms with Crippen molar-refractivity contribution in [2.45, 2.75) is 19.1 Å². The van der Waals surface area contributed by atoms with Gasteiger partial charge in [-0.15, -0.1) is 0 Å². The van der Waals surface area contributed by atoms with E-state index in [9.17, 15) is 22.8 Å². The average molecular weight is 264 g/mol. The van der Waals surface area contributed by atoms with Crippen LogP contribution >= 0.6 is 0 Å². The van der Waals surface area contributed by atoms with E-state index in [1.54, 1.807) is 0 Å². The Hall–Kier alpha value is -2.06. The lowest BCUT2D eigenvalue weighted by Gasteiger charge is -2.26. The monoisotopic (exact) mass is 264 g/mol. The van der Waals surface area contributed by atoms with E-state index in [1.165, 1.54) is 0 Å². The standard InChI is InChI=1S/C9H7F3N2O4/c10-9(11,12)8(17)14-2-1-5-4(3-14)6(7(15)16)18-13-5/h1-3H2,(H,15,16). The quantitative estimate of drug-likeness (QED) is 0.811. The van der Waals surface area contributed by atoms with Gasteiger partial charge in [0.15, 0.2) is 0 Å². The van der Waals surface area contributed by atoms with Crippen LogP contribution in [0.4, 0.5) is 13.2 Å². The minimum atomic E-state index is -4.97. The number of nitrogens with zero attached hydrogens (tertiary/aromatic N) is 2. The van der Waals surface area contributed by atoms with Gasteiger partial charge >= 0.3 is 18.1 Å². The zero-order valence-electron chi connectivity index (χ0n) is 8.82. The summed E-state index contributed by atoms with van der Waals surface area (Å²) in [5.41, 5.74) is 0.296. The summed E-state index contributed by atoms with van der Waals surface area (Å²) in [4.78, 5) is 22.3. The number of halogens is 3. The summed E-state index contributed by atoms with van der Waals surface area (Å²) < 4.78 is 41.3. The lowest BCUT2D eigenvalue weighted by Crippen LogP contribution is -2.43. The van der Waals surface area contributed by atoms with Gasteiger partial charge in [0.1, 0.15) is 0 Å². The fourth-order valence-corrected chi connectivity index (χ4v) is 1.73. The van der Waals surface area contributed by atoms with Crippen molar-refractivity contribution in [3.63, 3.8) is 0 Å². The molecule has 0 radical (unpaired) electrons. The van der Waals surface area contributed by atoms with Gasteiger partial charge in [0.25, 0.3) is 0 Å². The molecule has 1 aliphatic heterocycles. The van der Waals surface area contributed by atoms with Crippen LogP contribution in [0.2, 0.25) is 0 Å². The number of amides is 1. The number of aromatic nitrogens is 1. The van der Waals surface area contributed by atoms with E-state index >= 15 is 0 Å². The van der Waals surface area contributed by atoms with E-state index in [2.05, 4.69) is 9.68 Å². The van der Waals surface area contributed by atoms with Gasteiger partial charge in [-0.25, -0.2) is 4.79 Å². The number of alkyl halides is 3.